The summed E-state index contributed by atoms with van der Waals surface area (Å²) in [6, 6.07) is 5.12. The molecular formula is C17H17N3O4S. The predicted molar refractivity (Wildman–Crippen MR) is 93.0 cm³/mol. The number of amides is 1. The number of hydrogen-bond donors (Lipinski definition) is 1. The maximum absolute atomic E-state index is 12.1. The van der Waals surface area contributed by atoms with E-state index in [-0.39, 0.29) is 12.3 Å². The van der Waals surface area contributed by atoms with E-state index >= 15 is 0 Å². The molecule has 0 spiro atoms. The molecule has 8 heteroatoms. The van der Waals surface area contributed by atoms with Crippen LogP contribution in [0.4, 0.5) is 0 Å². The molecule has 1 aromatic carbocycles. The minimum Gasteiger partial charge on any atom is -0.496 e. The number of imidazole rings is 1. The van der Waals surface area contributed by atoms with Crippen LogP contribution in [-0.2, 0) is 22.5 Å². The molecule has 130 valence electrons. The van der Waals surface area contributed by atoms with Gasteiger partial charge in [0.1, 0.15) is 11.3 Å². The lowest BCUT2D eigenvalue weighted by atomic mass is 10.1. The molecule has 0 unspecified atom stereocenters. The number of aromatic nitrogens is 2. The molecule has 0 bridgehead atoms. The van der Waals surface area contributed by atoms with Crippen LogP contribution in [-0.4, -0.2) is 35.5 Å². The molecule has 0 aliphatic rings. The summed E-state index contributed by atoms with van der Waals surface area (Å²) in [5, 5.41) is 4.77. The van der Waals surface area contributed by atoms with Crippen LogP contribution in [0.15, 0.2) is 36.0 Å². The van der Waals surface area contributed by atoms with E-state index in [1.54, 1.807) is 18.2 Å². The molecule has 2 aromatic heterocycles. The van der Waals surface area contributed by atoms with Crippen molar-refractivity contribution >= 4 is 28.2 Å². The summed E-state index contributed by atoms with van der Waals surface area (Å²) in [5.41, 5.74) is 1.82. The smallest absolute Gasteiger partial charge is 0.341 e. The van der Waals surface area contributed by atoms with Crippen molar-refractivity contribution in [2.75, 3.05) is 14.2 Å². The lowest BCUT2D eigenvalue weighted by Gasteiger charge is -2.10. The number of fused-ring (bicyclic) bond motifs is 1. The van der Waals surface area contributed by atoms with Crippen molar-refractivity contribution in [1.29, 1.82) is 0 Å². The number of esters is 1. The summed E-state index contributed by atoms with van der Waals surface area (Å²) in [7, 11) is 2.80. The van der Waals surface area contributed by atoms with Gasteiger partial charge in [-0.2, -0.15) is 0 Å². The van der Waals surface area contributed by atoms with Crippen molar-refractivity contribution in [3.8, 4) is 5.75 Å². The molecule has 2 heterocycles. The molecule has 0 atom stereocenters. The molecule has 25 heavy (non-hydrogen) atoms. The van der Waals surface area contributed by atoms with Gasteiger partial charge in [0.05, 0.1) is 26.3 Å². The monoisotopic (exact) mass is 359 g/mol. The summed E-state index contributed by atoms with van der Waals surface area (Å²) in [6.07, 6.45) is 3.95. The topological polar surface area (TPSA) is 81.9 Å². The molecule has 0 fully saturated rings. The number of benzene rings is 1. The van der Waals surface area contributed by atoms with Crippen molar-refractivity contribution < 1.29 is 19.1 Å². The maximum atomic E-state index is 12.1. The number of nitrogens with zero attached hydrogens (tertiary/aromatic N) is 2. The zero-order valence-electron chi connectivity index (χ0n) is 13.8. The second-order valence-electron chi connectivity index (χ2n) is 5.30. The van der Waals surface area contributed by atoms with Crippen LogP contribution in [0.5, 0.6) is 5.75 Å². The summed E-state index contributed by atoms with van der Waals surface area (Å²) >= 11 is 1.52. The second-order valence-corrected chi connectivity index (χ2v) is 6.18. The standard InChI is InChI=1S/C17H17N3O4S/c1-23-14-4-3-11(7-13(14)16(22)24-2)9-18-15(21)8-12-10-20-5-6-25-17(20)19-12/h3-7,10H,8-9H2,1-2H3,(H,18,21). The molecule has 1 amide bonds. The highest BCUT2D eigenvalue weighted by Gasteiger charge is 2.14. The third-order valence-corrected chi connectivity index (χ3v) is 4.41. The van der Waals surface area contributed by atoms with E-state index in [1.165, 1.54) is 25.6 Å². The maximum Gasteiger partial charge on any atom is 0.341 e. The van der Waals surface area contributed by atoms with Crippen molar-refractivity contribution in [2.24, 2.45) is 0 Å². The Morgan fingerprint density at radius 3 is 2.88 bits per heavy atom. The largest absolute Gasteiger partial charge is 0.496 e. The van der Waals surface area contributed by atoms with Crippen LogP contribution < -0.4 is 10.1 Å². The average Bonchev–Trinajstić information content (AvgIpc) is 3.20. The molecule has 3 rings (SSSR count). The van der Waals surface area contributed by atoms with Gasteiger partial charge in [0, 0.05) is 24.3 Å². The first-order chi connectivity index (χ1) is 12.1. The van der Waals surface area contributed by atoms with Gasteiger partial charge >= 0.3 is 5.97 Å². The van der Waals surface area contributed by atoms with Crippen LogP contribution in [0.3, 0.4) is 0 Å². The van der Waals surface area contributed by atoms with Crippen molar-refractivity contribution in [1.82, 2.24) is 14.7 Å². The Kier molecular flexibility index (Phi) is 4.99. The fourth-order valence-electron chi connectivity index (χ4n) is 2.42. The Morgan fingerprint density at radius 1 is 1.32 bits per heavy atom. The third-order valence-electron chi connectivity index (χ3n) is 3.64. The first-order valence-corrected chi connectivity index (χ1v) is 8.41. The quantitative estimate of drug-likeness (QED) is 0.681. The summed E-state index contributed by atoms with van der Waals surface area (Å²) in [6.45, 7) is 0.301. The van der Waals surface area contributed by atoms with Gasteiger partial charge in [0.2, 0.25) is 5.91 Å². The first-order valence-electron chi connectivity index (χ1n) is 7.53. The van der Waals surface area contributed by atoms with E-state index in [9.17, 15) is 9.59 Å². The molecule has 0 aliphatic heterocycles. The Labute approximate surface area is 148 Å². The van der Waals surface area contributed by atoms with Gasteiger partial charge < -0.3 is 14.8 Å². The van der Waals surface area contributed by atoms with Gasteiger partial charge in [-0.1, -0.05) is 6.07 Å². The minimum absolute atomic E-state index is 0.138. The fourth-order valence-corrected chi connectivity index (χ4v) is 3.14. The van der Waals surface area contributed by atoms with E-state index in [0.717, 1.165) is 10.5 Å². The summed E-state index contributed by atoms with van der Waals surface area (Å²) < 4.78 is 11.8. The van der Waals surface area contributed by atoms with E-state index in [0.29, 0.717) is 23.6 Å². The van der Waals surface area contributed by atoms with Gasteiger partial charge in [-0.3, -0.25) is 9.20 Å². The number of ether oxygens (including phenoxy) is 2. The van der Waals surface area contributed by atoms with Crippen LogP contribution in [0.1, 0.15) is 21.6 Å². The predicted octanol–water partition coefficient (Wildman–Crippen LogP) is 2.05. The normalized spacial score (nSPS) is 10.6. The zero-order valence-corrected chi connectivity index (χ0v) is 14.6. The average molecular weight is 359 g/mol. The lowest BCUT2D eigenvalue weighted by Crippen LogP contribution is -2.24. The molecule has 0 aliphatic carbocycles. The molecule has 0 saturated carbocycles. The number of carbonyl (C=O) groups excluding carboxylic acids is 2. The first kappa shape index (κ1) is 17.0. The van der Waals surface area contributed by atoms with E-state index in [1.807, 2.05) is 22.2 Å². The van der Waals surface area contributed by atoms with E-state index in [4.69, 9.17) is 9.47 Å². The Balaban J connectivity index is 1.63. The molecular weight excluding hydrogens is 342 g/mol. The van der Waals surface area contributed by atoms with Gasteiger partial charge in [0.25, 0.3) is 0 Å². The molecule has 3 aromatic rings. The SMILES string of the molecule is COC(=O)c1cc(CNC(=O)Cc2cn3ccsc3n2)ccc1OC. The Bertz CT molecular complexity index is 887. The highest BCUT2D eigenvalue weighted by molar-refractivity contribution is 7.15. The van der Waals surface area contributed by atoms with Gasteiger partial charge in [-0.15, -0.1) is 11.3 Å². The zero-order chi connectivity index (χ0) is 17.8. The molecule has 0 radical (unpaired) electrons. The minimum atomic E-state index is -0.483. The number of nitrogens with one attached hydrogen (secondary N) is 1. The summed E-state index contributed by atoms with van der Waals surface area (Å²) in [4.78, 5) is 29.1. The number of hydrogen-bond acceptors (Lipinski definition) is 6. The van der Waals surface area contributed by atoms with Crippen LogP contribution in [0.2, 0.25) is 0 Å². The number of rotatable bonds is 6. The van der Waals surface area contributed by atoms with Crippen molar-refractivity contribution in [2.45, 2.75) is 13.0 Å². The van der Waals surface area contributed by atoms with Crippen LogP contribution in [0.25, 0.3) is 4.96 Å². The third kappa shape index (κ3) is 3.80. The highest BCUT2D eigenvalue weighted by atomic mass is 32.1. The van der Waals surface area contributed by atoms with Gasteiger partial charge in [0.15, 0.2) is 4.96 Å². The van der Waals surface area contributed by atoms with Crippen LogP contribution >= 0.6 is 11.3 Å². The van der Waals surface area contributed by atoms with Gasteiger partial charge in [-0.25, -0.2) is 9.78 Å². The Hall–Kier alpha value is -2.87. The molecule has 1 N–H and O–H groups in total. The number of methoxy groups -OCH3 is 2. The Morgan fingerprint density at radius 2 is 2.16 bits per heavy atom. The number of thiazole rings is 1. The van der Waals surface area contributed by atoms with E-state index < -0.39 is 5.97 Å². The fraction of sp³-hybridized carbons (Fsp3) is 0.235. The molecule has 7 nitrogen and oxygen atoms in total. The van der Waals surface area contributed by atoms with Crippen LogP contribution in [0, 0.1) is 0 Å². The number of carbonyl (C=O) groups is 2. The second kappa shape index (κ2) is 7.35. The van der Waals surface area contributed by atoms with Gasteiger partial charge in [-0.05, 0) is 17.7 Å². The highest BCUT2D eigenvalue weighted by Crippen LogP contribution is 2.20. The lowest BCUT2D eigenvalue weighted by molar-refractivity contribution is -0.120. The summed E-state index contributed by atoms with van der Waals surface area (Å²) in [5.74, 6) is -0.190. The van der Waals surface area contributed by atoms with Crippen molar-refractivity contribution in [3.05, 3.63) is 52.8 Å². The van der Waals surface area contributed by atoms with E-state index in [2.05, 4.69) is 10.3 Å². The molecule has 0 saturated heterocycles. The van der Waals surface area contributed by atoms with Crippen molar-refractivity contribution in [3.63, 3.8) is 0 Å².